The summed E-state index contributed by atoms with van der Waals surface area (Å²) >= 11 is 0. The summed E-state index contributed by atoms with van der Waals surface area (Å²) in [7, 11) is 0. The van der Waals surface area contributed by atoms with Crippen LogP contribution in [0.15, 0.2) is 29.8 Å². The molecule has 1 heteroatoms. The first-order chi connectivity index (χ1) is 6.27. The van der Waals surface area contributed by atoms with Gasteiger partial charge in [-0.25, -0.2) is 0 Å². The van der Waals surface area contributed by atoms with Crippen LogP contribution in [0.2, 0.25) is 0 Å². The molecule has 13 heavy (non-hydrogen) atoms. The Bertz CT molecular complexity index is 374. The fourth-order valence-electron chi connectivity index (χ4n) is 1.46. The highest BCUT2D eigenvalue weighted by atomic mass is 16.1. The van der Waals surface area contributed by atoms with Gasteiger partial charge in [-0.3, -0.25) is 4.79 Å². The molecule has 0 aromatic heterocycles. The summed E-state index contributed by atoms with van der Waals surface area (Å²) in [4.78, 5) is 11.1. The lowest BCUT2D eigenvalue weighted by Crippen LogP contribution is -2.13. The summed E-state index contributed by atoms with van der Waals surface area (Å²) in [6, 6.07) is 8.13. The number of carbonyl (C=O) groups is 1. The highest BCUT2D eigenvalue weighted by Crippen LogP contribution is 2.24. The molecule has 2 rings (SSSR count). The van der Waals surface area contributed by atoms with Gasteiger partial charge in [0.25, 0.3) is 0 Å². The smallest absolute Gasteiger partial charge is 0.159 e. The lowest BCUT2D eigenvalue weighted by atomic mass is 9.88. The average Bonchev–Trinajstić information content (AvgIpc) is 2.14. The molecule has 0 spiro atoms. The van der Waals surface area contributed by atoms with E-state index in [1.54, 1.807) is 0 Å². The Morgan fingerprint density at radius 3 is 2.54 bits per heavy atom. The van der Waals surface area contributed by atoms with Gasteiger partial charge in [-0.05, 0) is 36.1 Å². The third-order valence-electron chi connectivity index (χ3n) is 2.50. The van der Waals surface area contributed by atoms with E-state index in [0.717, 1.165) is 18.4 Å². The van der Waals surface area contributed by atoms with E-state index in [9.17, 15) is 4.79 Å². The van der Waals surface area contributed by atoms with E-state index >= 15 is 0 Å². The maximum atomic E-state index is 11.1. The Balaban J connectivity index is 2.32. The summed E-state index contributed by atoms with van der Waals surface area (Å²) in [6.45, 7) is 2.07. The molecule has 0 heterocycles. The molecule has 0 aliphatic heterocycles. The van der Waals surface area contributed by atoms with E-state index in [1.165, 1.54) is 11.1 Å². The molecular formula is C12H12O. The molecule has 1 aliphatic rings. The molecule has 66 valence electrons. The molecule has 1 aromatic carbocycles. The third kappa shape index (κ3) is 1.55. The molecule has 1 fully saturated rings. The van der Waals surface area contributed by atoms with Gasteiger partial charge in [-0.2, -0.15) is 0 Å². The molecule has 0 unspecified atom stereocenters. The molecule has 0 amide bonds. The quantitative estimate of drug-likeness (QED) is 0.595. The maximum absolute atomic E-state index is 11.1. The van der Waals surface area contributed by atoms with Crippen molar-refractivity contribution in [2.24, 2.45) is 0 Å². The lowest BCUT2D eigenvalue weighted by Gasteiger charge is -2.14. The number of Topliss-reactive ketones (excluding diaryl/α,β-unsaturated/α-hetero) is 1. The molecule has 0 radical (unpaired) electrons. The van der Waals surface area contributed by atoms with Crippen molar-refractivity contribution in [1.29, 1.82) is 0 Å². The van der Waals surface area contributed by atoms with Gasteiger partial charge in [0.15, 0.2) is 5.78 Å². The minimum Gasteiger partial charge on any atom is -0.295 e. The van der Waals surface area contributed by atoms with Crippen molar-refractivity contribution >= 4 is 11.9 Å². The summed E-state index contributed by atoms with van der Waals surface area (Å²) in [5.74, 6) is 0.309. The minimum absolute atomic E-state index is 0.309. The number of allylic oxidation sites excluding steroid dienone is 1. The van der Waals surface area contributed by atoms with Crippen LogP contribution >= 0.6 is 0 Å². The molecule has 0 atom stereocenters. The van der Waals surface area contributed by atoms with E-state index in [2.05, 4.69) is 13.0 Å². The van der Waals surface area contributed by atoms with Gasteiger partial charge in [0, 0.05) is 6.42 Å². The fraction of sp³-hybridized carbons (Fsp3) is 0.250. The Morgan fingerprint density at radius 1 is 1.23 bits per heavy atom. The van der Waals surface area contributed by atoms with Crippen LogP contribution in [0, 0.1) is 6.92 Å². The molecule has 0 N–H and O–H groups in total. The average molecular weight is 172 g/mol. The van der Waals surface area contributed by atoms with Crippen molar-refractivity contribution in [3.63, 3.8) is 0 Å². The van der Waals surface area contributed by atoms with Gasteiger partial charge in [0.05, 0.1) is 0 Å². The molecule has 1 aliphatic carbocycles. The number of hydrogen-bond donors (Lipinski definition) is 0. The van der Waals surface area contributed by atoms with E-state index in [4.69, 9.17) is 0 Å². The predicted molar refractivity (Wildman–Crippen MR) is 53.4 cm³/mol. The van der Waals surface area contributed by atoms with Gasteiger partial charge in [-0.1, -0.05) is 24.3 Å². The molecule has 1 aromatic rings. The van der Waals surface area contributed by atoms with Crippen LogP contribution in [-0.4, -0.2) is 5.78 Å². The van der Waals surface area contributed by atoms with Crippen LogP contribution in [0.5, 0.6) is 0 Å². The number of rotatable bonds is 1. The van der Waals surface area contributed by atoms with Crippen molar-refractivity contribution in [3.05, 3.63) is 41.0 Å². The molecule has 0 saturated heterocycles. The first-order valence-electron chi connectivity index (χ1n) is 4.57. The van der Waals surface area contributed by atoms with Crippen LogP contribution in [0.25, 0.3) is 6.08 Å². The Labute approximate surface area is 78.1 Å². The summed E-state index contributed by atoms with van der Waals surface area (Å²) in [6.07, 6.45) is 3.70. The second-order valence-electron chi connectivity index (χ2n) is 3.45. The van der Waals surface area contributed by atoms with Gasteiger partial charge in [0.1, 0.15) is 0 Å². The van der Waals surface area contributed by atoms with Gasteiger partial charge in [-0.15, -0.1) is 0 Å². The first-order valence-corrected chi connectivity index (χ1v) is 4.57. The number of benzene rings is 1. The normalized spacial score (nSPS) is 18.8. The fourth-order valence-corrected chi connectivity index (χ4v) is 1.46. The van der Waals surface area contributed by atoms with Crippen LogP contribution < -0.4 is 0 Å². The molecule has 1 nitrogen and oxygen atoms in total. The summed E-state index contributed by atoms with van der Waals surface area (Å²) in [5, 5.41) is 0. The zero-order valence-electron chi connectivity index (χ0n) is 7.71. The van der Waals surface area contributed by atoms with Crippen molar-refractivity contribution in [2.75, 3.05) is 0 Å². The van der Waals surface area contributed by atoms with Crippen LogP contribution in [0.1, 0.15) is 24.0 Å². The second kappa shape index (κ2) is 3.17. The highest BCUT2D eigenvalue weighted by Gasteiger charge is 2.19. The van der Waals surface area contributed by atoms with Gasteiger partial charge in [0.2, 0.25) is 0 Å². The first kappa shape index (κ1) is 8.24. The van der Waals surface area contributed by atoms with Crippen LogP contribution in [0.4, 0.5) is 0 Å². The third-order valence-corrected chi connectivity index (χ3v) is 2.50. The predicted octanol–water partition coefficient (Wildman–Crippen LogP) is 2.74. The molecular weight excluding hydrogens is 160 g/mol. The number of ketones is 1. The molecule has 0 bridgehead atoms. The van der Waals surface area contributed by atoms with Gasteiger partial charge >= 0.3 is 0 Å². The topological polar surface area (TPSA) is 17.1 Å². The van der Waals surface area contributed by atoms with Crippen molar-refractivity contribution in [2.45, 2.75) is 19.8 Å². The SMILES string of the molecule is Cc1ccccc1/C=C1\CCC1=O. The summed E-state index contributed by atoms with van der Waals surface area (Å²) in [5.41, 5.74) is 3.38. The Morgan fingerprint density at radius 2 is 2.00 bits per heavy atom. The minimum atomic E-state index is 0.309. The monoisotopic (exact) mass is 172 g/mol. The largest absolute Gasteiger partial charge is 0.295 e. The van der Waals surface area contributed by atoms with E-state index in [1.807, 2.05) is 24.3 Å². The number of hydrogen-bond acceptors (Lipinski definition) is 1. The van der Waals surface area contributed by atoms with Crippen LogP contribution in [-0.2, 0) is 4.79 Å². The van der Waals surface area contributed by atoms with E-state index < -0.39 is 0 Å². The van der Waals surface area contributed by atoms with E-state index in [0.29, 0.717) is 5.78 Å². The molecule has 1 saturated carbocycles. The van der Waals surface area contributed by atoms with Crippen LogP contribution in [0.3, 0.4) is 0 Å². The number of carbonyl (C=O) groups excluding carboxylic acids is 1. The maximum Gasteiger partial charge on any atom is 0.159 e. The van der Waals surface area contributed by atoms with Crippen molar-refractivity contribution in [1.82, 2.24) is 0 Å². The zero-order chi connectivity index (χ0) is 9.26. The zero-order valence-corrected chi connectivity index (χ0v) is 7.71. The van der Waals surface area contributed by atoms with Gasteiger partial charge < -0.3 is 0 Å². The Hall–Kier alpha value is -1.37. The highest BCUT2D eigenvalue weighted by molar-refractivity contribution is 6.05. The lowest BCUT2D eigenvalue weighted by molar-refractivity contribution is -0.118. The Kier molecular flexibility index (Phi) is 2.01. The van der Waals surface area contributed by atoms with Crippen molar-refractivity contribution < 1.29 is 4.79 Å². The number of aryl methyl sites for hydroxylation is 1. The van der Waals surface area contributed by atoms with E-state index in [-0.39, 0.29) is 0 Å². The summed E-state index contributed by atoms with van der Waals surface area (Å²) < 4.78 is 0. The van der Waals surface area contributed by atoms with Crippen molar-refractivity contribution in [3.8, 4) is 0 Å². The second-order valence-corrected chi connectivity index (χ2v) is 3.45. The standard InChI is InChI=1S/C12H12O/c1-9-4-2-3-5-10(9)8-11-6-7-12(11)13/h2-5,8H,6-7H2,1H3/b11-8+.